The first-order valence-corrected chi connectivity index (χ1v) is 8.37. The van der Waals surface area contributed by atoms with E-state index >= 15 is 0 Å². The molecule has 1 aromatic heterocycles. The van der Waals surface area contributed by atoms with Crippen LogP contribution >= 0.6 is 22.7 Å². The van der Waals surface area contributed by atoms with Crippen LogP contribution in [-0.2, 0) is 0 Å². The fraction of sp³-hybridized carbons (Fsp3) is 0.357. The molecule has 2 aromatic rings. The Bertz CT molecular complexity index is 636. The van der Waals surface area contributed by atoms with Gasteiger partial charge >= 0.3 is 3.98 Å². The van der Waals surface area contributed by atoms with Crippen LogP contribution in [0.5, 0.6) is 0 Å². The predicted molar refractivity (Wildman–Crippen MR) is 84.1 cm³/mol. The molecule has 0 unspecified atom stereocenters. The van der Waals surface area contributed by atoms with Gasteiger partial charge in [-0.1, -0.05) is 34.8 Å². The van der Waals surface area contributed by atoms with Gasteiger partial charge in [0.25, 0.3) is 0 Å². The second-order valence-corrected chi connectivity index (χ2v) is 6.98. The molecule has 3 rings (SSSR count). The van der Waals surface area contributed by atoms with Gasteiger partial charge in [-0.15, -0.1) is 0 Å². The minimum absolute atomic E-state index is 0.111. The predicted octanol–water partition coefficient (Wildman–Crippen LogP) is 3.13. The Morgan fingerprint density at radius 1 is 1.10 bits per heavy atom. The maximum absolute atomic E-state index is 10.8. The SMILES string of the molecule is [O-]N(O)c1ccc(-c2csc(=[N+]3CCCCC3)s2)cc1. The Morgan fingerprint density at radius 2 is 1.80 bits per heavy atom. The molecule has 4 nitrogen and oxygen atoms in total. The van der Waals surface area contributed by atoms with Gasteiger partial charge in [0.05, 0.1) is 10.6 Å². The van der Waals surface area contributed by atoms with E-state index in [0.717, 1.165) is 18.7 Å². The van der Waals surface area contributed by atoms with Crippen LogP contribution in [0.4, 0.5) is 5.69 Å². The molecular formula is C14H16N2O2S2. The summed E-state index contributed by atoms with van der Waals surface area (Å²) in [6.07, 6.45) is 3.91. The average molecular weight is 308 g/mol. The quantitative estimate of drug-likeness (QED) is 0.685. The highest BCUT2D eigenvalue weighted by molar-refractivity contribution is 7.28. The lowest BCUT2D eigenvalue weighted by Gasteiger charge is -2.21. The van der Waals surface area contributed by atoms with Crippen LogP contribution in [0.3, 0.4) is 0 Å². The summed E-state index contributed by atoms with van der Waals surface area (Å²) in [5.74, 6) is 0. The van der Waals surface area contributed by atoms with Crippen LogP contribution in [-0.4, -0.2) is 18.3 Å². The molecule has 0 amide bonds. The summed E-state index contributed by atoms with van der Waals surface area (Å²) in [5.41, 5.74) is 1.34. The van der Waals surface area contributed by atoms with Crippen molar-refractivity contribution in [1.29, 1.82) is 0 Å². The van der Waals surface area contributed by atoms with E-state index in [2.05, 4.69) is 9.96 Å². The summed E-state index contributed by atoms with van der Waals surface area (Å²) in [7, 11) is 0. The molecule has 0 spiro atoms. The first-order chi connectivity index (χ1) is 9.74. The number of rotatable bonds is 2. The Morgan fingerprint density at radius 3 is 2.45 bits per heavy atom. The molecule has 0 saturated carbocycles. The minimum Gasteiger partial charge on any atom is -0.733 e. The third-order valence-corrected chi connectivity index (χ3v) is 5.96. The summed E-state index contributed by atoms with van der Waals surface area (Å²) in [4.78, 5) is 1.21. The molecule has 0 atom stereocenters. The van der Waals surface area contributed by atoms with E-state index in [9.17, 15) is 5.21 Å². The van der Waals surface area contributed by atoms with Crippen molar-refractivity contribution in [1.82, 2.24) is 4.58 Å². The Balaban J connectivity index is 1.89. The van der Waals surface area contributed by atoms with Gasteiger partial charge in [0.2, 0.25) is 0 Å². The highest BCUT2D eigenvalue weighted by atomic mass is 32.2. The lowest BCUT2D eigenvalue weighted by atomic mass is 10.2. The van der Waals surface area contributed by atoms with Gasteiger partial charge in [-0.25, -0.2) is 4.58 Å². The maximum atomic E-state index is 10.8. The van der Waals surface area contributed by atoms with E-state index in [-0.39, 0.29) is 10.9 Å². The molecular weight excluding hydrogens is 292 g/mol. The van der Waals surface area contributed by atoms with Gasteiger partial charge in [-0.05, 0) is 24.1 Å². The van der Waals surface area contributed by atoms with E-state index in [4.69, 9.17) is 5.21 Å². The largest absolute Gasteiger partial charge is 0.733 e. The molecule has 20 heavy (non-hydrogen) atoms. The summed E-state index contributed by atoms with van der Waals surface area (Å²) >= 11 is 3.58. The number of hydrogen-bond donors (Lipinski definition) is 1. The number of piperidine rings is 1. The summed E-state index contributed by atoms with van der Waals surface area (Å²) in [6.45, 7) is 2.32. The van der Waals surface area contributed by atoms with E-state index in [1.807, 2.05) is 12.1 Å². The topological polar surface area (TPSA) is 49.5 Å². The lowest BCUT2D eigenvalue weighted by Crippen LogP contribution is -2.31. The maximum Gasteiger partial charge on any atom is 0.314 e. The van der Waals surface area contributed by atoms with Crippen LogP contribution < -0.4 is 13.8 Å². The van der Waals surface area contributed by atoms with E-state index < -0.39 is 0 Å². The van der Waals surface area contributed by atoms with Crippen LogP contribution in [0, 0.1) is 5.21 Å². The Labute approximate surface area is 125 Å². The van der Waals surface area contributed by atoms with Crippen molar-refractivity contribution in [3.63, 3.8) is 0 Å². The summed E-state index contributed by atoms with van der Waals surface area (Å²) in [6, 6.07) is 7.00. The third-order valence-electron chi connectivity index (χ3n) is 3.45. The highest BCUT2D eigenvalue weighted by Gasteiger charge is 2.14. The average Bonchev–Trinajstić information content (AvgIpc) is 2.98. The summed E-state index contributed by atoms with van der Waals surface area (Å²) < 4.78 is 3.82. The van der Waals surface area contributed by atoms with Crippen molar-refractivity contribution < 1.29 is 5.21 Å². The van der Waals surface area contributed by atoms with Crippen molar-refractivity contribution in [2.24, 2.45) is 0 Å². The first kappa shape index (κ1) is 13.8. The smallest absolute Gasteiger partial charge is 0.314 e. The second-order valence-electron chi connectivity index (χ2n) is 4.84. The molecule has 0 bridgehead atoms. The van der Waals surface area contributed by atoms with Crippen LogP contribution in [0.1, 0.15) is 19.3 Å². The highest BCUT2D eigenvalue weighted by Crippen LogP contribution is 2.26. The van der Waals surface area contributed by atoms with Crippen LogP contribution in [0.2, 0.25) is 0 Å². The van der Waals surface area contributed by atoms with Gasteiger partial charge in [0.1, 0.15) is 13.1 Å². The van der Waals surface area contributed by atoms with Gasteiger partial charge in [0.15, 0.2) is 0 Å². The molecule has 2 heterocycles. The van der Waals surface area contributed by atoms with Gasteiger partial charge in [0, 0.05) is 18.2 Å². The molecule has 0 aliphatic carbocycles. The van der Waals surface area contributed by atoms with Gasteiger partial charge in [-0.3, -0.25) is 5.21 Å². The number of hydrogen-bond acceptors (Lipinski definition) is 5. The molecule has 1 saturated heterocycles. The first-order valence-electron chi connectivity index (χ1n) is 6.67. The fourth-order valence-electron chi connectivity index (χ4n) is 2.34. The lowest BCUT2D eigenvalue weighted by molar-refractivity contribution is 0.296. The monoisotopic (exact) mass is 308 g/mol. The van der Waals surface area contributed by atoms with Crippen molar-refractivity contribution in [2.75, 3.05) is 18.3 Å². The van der Waals surface area contributed by atoms with Crippen molar-refractivity contribution in [2.45, 2.75) is 19.3 Å². The number of benzene rings is 1. The molecule has 6 heteroatoms. The summed E-state index contributed by atoms with van der Waals surface area (Å²) in [5, 5.41) is 21.7. The zero-order chi connectivity index (χ0) is 13.9. The molecule has 0 radical (unpaired) electrons. The van der Waals surface area contributed by atoms with Gasteiger partial charge in [-0.2, -0.15) is 0 Å². The van der Waals surface area contributed by atoms with Crippen LogP contribution in [0.15, 0.2) is 29.6 Å². The van der Waals surface area contributed by atoms with Gasteiger partial charge < -0.3 is 10.4 Å². The van der Waals surface area contributed by atoms with E-state index in [0.29, 0.717) is 0 Å². The second kappa shape index (κ2) is 6.05. The fourth-order valence-corrected chi connectivity index (χ4v) is 4.71. The zero-order valence-electron chi connectivity index (χ0n) is 11.0. The molecule has 1 aromatic carbocycles. The molecule has 106 valence electrons. The zero-order valence-corrected chi connectivity index (χ0v) is 12.6. The minimum atomic E-state index is -0.111. The Kier molecular flexibility index (Phi) is 4.16. The molecule has 1 N–H and O–H groups in total. The molecule has 1 aliphatic rings. The van der Waals surface area contributed by atoms with E-state index in [1.165, 1.54) is 28.1 Å². The molecule has 1 fully saturated rings. The molecule has 1 aliphatic heterocycles. The number of anilines is 1. The van der Waals surface area contributed by atoms with Crippen molar-refractivity contribution in [3.8, 4) is 10.4 Å². The Hall–Kier alpha value is -1.21. The normalized spacial score (nSPS) is 15.4. The van der Waals surface area contributed by atoms with Crippen molar-refractivity contribution >= 4 is 28.4 Å². The van der Waals surface area contributed by atoms with Crippen LogP contribution in [0.25, 0.3) is 10.4 Å². The van der Waals surface area contributed by atoms with E-state index in [1.54, 1.807) is 34.8 Å². The standard InChI is InChI=1S/C14H16N2O2S2/c17-16(18)12-6-4-11(5-7-12)13-10-19-14(20-13)15-8-2-1-3-9-15/h4-7,10,17H,1-3,8-9H2. The van der Waals surface area contributed by atoms with Crippen molar-refractivity contribution in [3.05, 3.63) is 38.8 Å². The third kappa shape index (κ3) is 2.93. The number of nitrogens with zero attached hydrogens (tertiary/aromatic N) is 2.